The molecule has 1 amide bonds. The maximum absolute atomic E-state index is 11.7. The van der Waals surface area contributed by atoms with Crippen LogP contribution in [-0.4, -0.2) is 45.7 Å². The van der Waals surface area contributed by atoms with Crippen molar-refractivity contribution in [3.63, 3.8) is 0 Å². The molecule has 0 saturated carbocycles. The van der Waals surface area contributed by atoms with E-state index in [-0.39, 0.29) is 24.7 Å². The summed E-state index contributed by atoms with van der Waals surface area (Å²) < 4.78 is 0. The number of aliphatic hydroxyl groups is 1. The molecule has 1 fully saturated rings. The molecule has 5 heteroatoms. The Labute approximate surface area is 101 Å². The largest absolute Gasteiger partial charge is 0.481 e. The molecule has 1 saturated heterocycles. The van der Waals surface area contributed by atoms with E-state index in [0.717, 1.165) is 6.42 Å². The average Bonchev–Trinajstić information content (AvgIpc) is 2.12. The van der Waals surface area contributed by atoms with Gasteiger partial charge in [0.2, 0.25) is 5.91 Å². The monoisotopic (exact) mass is 243 g/mol. The van der Waals surface area contributed by atoms with Gasteiger partial charge in [-0.3, -0.25) is 9.59 Å². The van der Waals surface area contributed by atoms with Crippen molar-refractivity contribution in [3.05, 3.63) is 0 Å². The average molecular weight is 243 g/mol. The van der Waals surface area contributed by atoms with Crippen LogP contribution in [0.1, 0.15) is 39.5 Å². The van der Waals surface area contributed by atoms with E-state index in [4.69, 9.17) is 5.11 Å². The van der Waals surface area contributed by atoms with E-state index >= 15 is 0 Å². The maximum Gasteiger partial charge on any atom is 0.303 e. The highest BCUT2D eigenvalue weighted by atomic mass is 16.4. The van der Waals surface area contributed by atoms with Gasteiger partial charge >= 0.3 is 5.97 Å². The standard InChI is InChI=1S/C12H21NO4/c1-3-4-12(17)7-13(8-12)10(14)5-9(2)6-11(15)16/h9,17H,3-8H2,1-2H3,(H,15,16). The molecule has 2 N–H and O–H groups in total. The zero-order valence-corrected chi connectivity index (χ0v) is 10.5. The molecule has 0 radical (unpaired) electrons. The normalized spacial score (nSPS) is 19.6. The smallest absolute Gasteiger partial charge is 0.303 e. The minimum atomic E-state index is -0.878. The summed E-state index contributed by atoms with van der Waals surface area (Å²) in [5.74, 6) is -1.09. The Morgan fingerprint density at radius 1 is 1.35 bits per heavy atom. The number of rotatable bonds is 6. The van der Waals surface area contributed by atoms with Gasteiger partial charge < -0.3 is 15.1 Å². The zero-order valence-electron chi connectivity index (χ0n) is 10.5. The first-order valence-corrected chi connectivity index (χ1v) is 6.08. The van der Waals surface area contributed by atoms with Gasteiger partial charge in [-0.2, -0.15) is 0 Å². The lowest BCUT2D eigenvalue weighted by atomic mass is 9.88. The minimum absolute atomic E-state index is 0.0127. The molecule has 0 aliphatic carbocycles. The number of hydrogen-bond donors (Lipinski definition) is 2. The Bertz CT molecular complexity index is 297. The quantitative estimate of drug-likeness (QED) is 0.725. The van der Waals surface area contributed by atoms with Crippen molar-refractivity contribution >= 4 is 11.9 Å². The molecule has 0 aromatic rings. The van der Waals surface area contributed by atoms with Crippen LogP contribution in [0.25, 0.3) is 0 Å². The molecule has 17 heavy (non-hydrogen) atoms. The summed E-state index contributed by atoms with van der Waals surface area (Å²) >= 11 is 0. The first-order valence-electron chi connectivity index (χ1n) is 6.08. The second-order valence-corrected chi connectivity index (χ2v) is 5.13. The van der Waals surface area contributed by atoms with Gasteiger partial charge in [-0.1, -0.05) is 20.3 Å². The van der Waals surface area contributed by atoms with Crippen LogP contribution in [0.3, 0.4) is 0 Å². The summed E-state index contributed by atoms with van der Waals surface area (Å²) in [6.07, 6.45) is 1.86. The highest BCUT2D eigenvalue weighted by molar-refractivity contribution is 5.78. The van der Waals surface area contributed by atoms with Gasteiger partial charge in [-0.05, 0) is 12.3 Å². The highest BCUT2D eigenvalue weighted by Gasteiger charge is 2.42. The van der Waals surface area contributed by atoms with Gasteiger partial charge in [-0.25, -0.2) is 0 Å². The molecule has 1 aliphatic rings. The summed E-state index contributed by atoms with van der Waals surface area (Å²) in [6.45, 7) is 4.53. The molecule has 1 rings (SSSR count). The van der Waals surface area contributed by atoms with Crippen molar-refractivity contribution in [2.24, 2.45) is 5.92 Å². The summed E-state index contributed by atoms with van der Waals surface area (Å²) in [7, 11) is 0. The molecule has 0 aromatic carbocycles. The third kappa shape index (κ3) is 4.00. The van der Waals surface area contributed by atoms with E-state index in [9.17, 15) is 14.7 Å². The maximum atomic E-state index is 11.7. The number of likely N-dealkylation sites (tertiary alicyclic amines) is 1. The van der Waals surface area contributed by atoms with E-state index in [2.05, 4.69) is 0 Å². The van der Waals surface area contributed by atoms with Gasteiger partial charge in [0.15, 0.2) is 0 Å². The van der Waals surface area contributed by atoms with Crippen LogP contribution in [0, 0.1) is 5.92 Å². The predicted molar refractivity (Wildman–Crippen MR) is 62.5 cm³/mol. The van der Waals surface area contributed by atoms with Gasteiger partial charge in [0, 0.05) is 12.8 Å². The molecular weight excluding hydrogens is 222 g/mol. The number of β-amino-alcohol motifs (C(OH)–C–C–N with tert-alkyl or cyclic N) is 1. The molecule has 1 heterocycles. The number of hydrogen-bond acceptors (Lipinski definition) is 3. The fourth-order valence-electron chi connectivity index (χ4n) is 2.26. The van der Waals surface area contributed by atoms with E-state index < -0.39 is 11.6 Å². The summed E-state index contributed by atoms with van der Waals surface area (Å²) in [5, 5.41) is 18.5. The Kier molecular flexibility index (Phi) is 4.51. The third-order valence-corrected chi connectivity index (χ3v) is 3.08. The van der Waals surface area contributed by atoms with Crippen LogP contribution in [0.4, 0.5) is 0 Å². The fourth-order valence-corrected chi connectivity index (χ4v) is 2.26. The van der Waals surface area contributed by atoms with Crippen molar-refractivity contribution in [3.8, 4) is 0 Å². The minimum Gasteiger partial charge on any atom is -0.481 e. The van der Waals surface area contributed by atoms with Crippen LogP contribution < -0.4 is 0 Å². The van der Waals surface area contributed by atoms with Crippen molar-refractivity contribution in [1.82, 2.24) is 4.90 Å². The molecule has 1 atom stereocenters. The Morgan fingerprint density at radius 3 is 2.41 bits per heavy atom. The van der Waals surface area contributed by atoms with Crippen LogP contribution in [0.15, 0.2) is 0 Å². The van der Waals surface area contributed by atoms with Crippen molar-refractivity contribution in [2.45, 2.75) is 45.1 Å². The van der Waals surface area contributed by atoms with Crippen LogP contribution in [0.5, 0.6) is 0 Å². The van der Waals surface area contributed by atoms with Gasteiger partial charge in [0.1, 0.15) is 0 Å². The molecule has 0 spiro atoms. The van der Waals surface area contributed by atoms with E-state index in [0.29, 0.717) is 19.5 Å². The van der Waals surface area contributed by atoms with Gasteiger partial charge in [0.25, 0.3) is 0 Å². The third-order valence-electron chi connectivity index (χ3n) is 3.08. The van der Waals surface area contributed by atoms with Crippen molar-refractivity contribution < 1.29 is 19.8 Å². The first kappa shape index (κ1) is 14.0. The summed E-state index contributed by atoms with van der Waals surface area (Å²) in [6, 6.07) is 0. The fraction of sp³-hybridized carbons (Fsp3) is 0.833. The summed E-state index contributed by atoms with van der Waals surface area (Å²) in [4.78, 5) is 23.8. The van der Waals surface area contributed by atoms with Gasteiger partial charge in [-0.15, -0.1) is 0 Å². The van der Waals surface area contributed by atoms with Crippen molar-refractivity contribution in [1.29, 1.82) is 0 Å². The Balaban J connectivity index is 2.30. The van der Waals surface area contributed by atoms with E-state index in [1.54, 1.807) is 11.8 Å². The lowest BCUT2D eigenvalue weighted by Crippen LogP contribution is -2.63. The SMILES string of the molecule is CCCC1(O)CN(C(=O)CC(C)CC(=O)O)C1. The van der Waals surface area contributed by atoms with Gasteiger partial charge in [0.05, 0.1) is 18.7 Å². The number of carboxylic acids is 1. The van der Waals surface area contributed by atoms with Crippen LogP contribution in [-0.2, 0) is 9.59 Å². The van der Waals surface area contributed by atoms with Crippen LogP contribution in [0.2, 0.25) is 0 Å². The topological polar surface area (TPSA) is 77.8 Å². The van der Waals surface area contributed by atoms with E-state index in [1.165, 1.54) is 0 Å². The van der Waals surface area contributed by atoms with Crippen LogP contribution >= 0.6 is 0 Å². The Morgan fingerprint density at radius 2 is 1.94 bits per heavy atom. The summed E-state index contributed by atoms with van der Waals surface area (Å²) in [5.41, 5.74) is -0.708. The zero-order chi connectivity index (χ0) is 13.1. The number of amides is 1. The number of carbonyl (C=O) groups excluding carboxylic acids is 1. The van der Waals surface area contributed by atoms with E-state index in [1.807, 2.05) is 6.92 Å². The number of carboxylic acid groups (broad SMARTS) is 1. The van der Waals surface area contributed by atoms with Crippen molar-refractivity contribution in [2.75, 3.05) is 13.1 Å². The molecule has 1 unspecified atom stereocenters. The number of carbonyl (C=O) groups is 2. The number of nitrogens with zero attached hydrogens (tertiary/aromatic N) is 1. The molecule has 1 aliphatic heterocycles. The first-order chi connectivity index (χ1) is 7.86. The molecular formula is C12H21NO4. The Hall–Kier alpha value is -1.10. The number of aliphatic carboxylic acids is 1. The lowest BCUT2D eigenvalue weighted by molar-refractivity contribution is -0.157. The second-order valence-electron chi connectivity index (χ2n) is 5.13. The lowest BCUT2D eigenvalue weighted by Gasteiger charge is -2.46. The highest BCUT2D eigenvalue weighted by Crippen LogP contribution is 2.27. The molecule has 0 bridgehead atoms. The second kappa shape index (κ2) is 5.49. The molecule has 98 valence electrons. The molecule has 5 nitrogen and oxygen atoms in total. The molecule has 0 aromatic heterocycles. The predicted octanol–water partition coefficient (Wildman–Crippen LogP) is 0.861.